The number of carbonyl (C=O) groups excluding carboxylic acids is 2. The first kappa shape index (κ1) is 19.4. The van der Waals surface area contributed by atoms with Crippen LogP contribution in [-0.4, -0.2) is 32.9 Å². The van der Waals surface area contributed by atoms with E-state index in [1.165, 1.54) is 0 Å². The maximum Gasteiger partial charge on any atom is 0.224 e. The highest BCUT2D eigenvalue weighted by Gasteiger charge is 2.41. The van der Waals surface area contributed by atoms with Crippen LogP contribution in [0.15, 0.2) is 30.3 Å². The third-order valence-electron chi connectivity index (χ3n) is 5.94. The van der Waals surface area contributed by atoms with Gasteiger partial charge in [0.2, 0.25) is 5.91 Å². The Labute approximate surface area is 172 Å². The molecule has 0 bridgehead atoms. The molecule has 0 saturated carbocycles. The van der Waals surface area contributed by atoms with Crippen LogP contribution in [0.3, 0.4) is 0 Å². The number of fused-ring (bicyclic) bond motifs is 1. The van der Waals surface area contributed by atoms with E-state index in [4.69, 9.17) is 11.5 Å². The molecule has 5 heteroatoms. The van der Waals surface area contributed by atoms with Gasteiger partial charge in [-0.15, -0.1) is 12.3 Å². The van der Waals surface area contributed by atoms with Crippen molar-refractivity contribution in [2.24, 2.45) is 5.41 Å². The molecule has 2 aromatic rings. The quantitative estimate of drug-likeness (QED) is 0.740. The number of ketones is 1. The number of likely N-dealkylation sites (tertiary alicyclic amines) is 1. The van der Waals surface area contributed by atoms with Crippen molar-refractivity contribution in [3.8, 4) is 18.0 Å². The Morgan fingerprint density at radius 3 is 2.76 bits per heavy atom. The van der Waals surface area contributed by atoms with Crippen LogP contribution in [0.25, 0.3) is 5.69 Å². The minimum atomic E-state index is -0.149. The van der Waals surface area contributed by atoms with Gasteiger partial charge in [-0.3, -0.25) is 9.59 Å². The Morgan fingerprint density at radius 2 is 2.03 bits per heavy atom. The van der Waals surface area contributed by atoms with Gasteiger partial charge in [-0.05, 0) is 36.8 Å². The van der Waals surface area contributed by atoms with Gasteiger partial charge in [-0.1, -0.05) is 32.0 Å². The molecular formula is C24H27N3O2. The lowest BCUT2D eigenvalue weighted by atomic mass is 9.75. The molecule has 4 rings (SSSR count). The first-order valence-electron chi connectivity index (χ1n) is 10.3. The van der Waals surface area contributed by atoms with Crippen LogP contribution >= 0.6 is 0 Å². The molecule has 2 aliphatic rings. The largest absolute Gasteiger partial charge is 0.334 e. The highest BCUT2D eigenvalue weighted by molar-refractivity contribution is 6.00. The van der Waals surface area contributed by atoms with Crippen molar-refractivity contribution in [1.82, 2.24) is 14.7 Å². The number of rotatable bonds is 4. The van der Waals surface area contributed by atoms with Gasteiger partial charge in [0.05, 0.1) is 28.7 Å². The second-order valence-corrected chi connectivity index (χ2v) is 8.84. The van der Waals surface area contributed by atoms with Crippen LogP contribution in [0.1, 0.15) is 73.7 Å². The van der Waals surface area contributed by atoms with Crippen molar-refractivity contribution >= 4 is 11.7 Å². The third kappa shape index (κ3) is 3.60. The van der Waals surface area contributed by atoms with Crippen molar-refractivity contribution in [2.75, 3.05) is 6.54 Å². The standard InChI is InChI=1S/C24H27N3O2/c1-4-5-13-21(29)26-14-9-12-18(26)23-22-19(15-24(2,3)16-20(22)28)27(25-23)17-10-7-6-8-11-17/h1,6-8,10-11,18H,5,9,12-16H2,2-3H3/t18-/m0/s1. The number of hydrogen-bond donors (Lipinski definition) is 0. The number of aromatic nitrogens is 2. The first-order valence-corrected chi connectivity index (χ1v) is 10.3. The van der Waals surface area contributed by atoms with E-state index in [0.29, 0.717) is 25.8 Å². The highest BCUT2D eigenvalue weighted by atomic mass is 16.2. The molecule has 1 saturated heterocycles. The van der Waals surface area contributed by atoms with Crippen molar-refractivity contribution in [3.63, 3.8) is 0 Å². The average molecular weight is 389 g/mol. The molecule has 1 atom stereocenters. The molecule has 1 aliphatic carbocycles. The molecule has 0 N–H and O–H groups in total. The first-order chi connectivity index (χ1) is 13.9. The molecule has 0 radical (unpaired) electrons. The number of para-hydroxylation sites is 1. The fraction of sp³-hybridized carbons (Fsp3) is 0.458. The maximum absolute atomic E-state index is 13.2. The maximum atomic E-state index is 13.2. The van der Waals surface area contributed by atoms with E-state index in [-0.39, 0.29) is 23.1 Å². The summed E-state index contributed by atoms with van der Waals surface area (Å²) in [6.45, 7) is 4.95. The zero-order valence-electron chi connectivity index (χ0n) is 17.1. The molecule has 1 amide bonds. The lowest BCUT2D eigenvalue weighted by molar-refractivity contribution is -0.132. The lowest BCUT2D eigenvalue weighted by Gasteiger charge is -2.30. The number of hydrogen-bond acceptors (Lipinski definition) is 3. The molecule has 0 spiro atoms. The third-order valence-corrected chi connectivity index (χ3v) is 5.94. The number of amides is 1. The van der Waals surface area contributed by atoms with Crippen LogP contribution in [0.2, 0.25) is 0 Å². The van der Waals surface area contributed by atoms with Crippen molar-refractivity contribution < 1.29 is 9.59 Å². The van der Waals surface area contributed by atoms with Crippen LogP contribution in [0.4, 0.5) is 0 Å². The molecule has 1 aromatic heterocycles. The molecular weight excluding hydrogens is 362 g/mol. The summed E-state index contributed by atoms with van der Waals surface area (Å²) in [4.78, 5) is 27.8. The van der Waals surface area contributed by atoms with Gasteiger partial charge in [-0.2, -0.15) is 5.10 Å². The fourth-order valence-electron chi connectivity index (χ4n) is 4.67. The lowest BCUT2D eigenvalue weighted by Crippen LogP contribution is -2.32. The van der Waals surface area contributed by atoms with Crippen LogP contribution in [-0.2, 0) is 11.2 Å². The van der Waals surface area contributed by atoms with Crippen LogP contribution in [0, 0.1) is 17.8 Å². The second-order valence-electron chi connectivity index (χ2n) is 8.84. The van der Waals surface area contributed by atoms with Gasteiger partial charge >= 0.3 is 0 Å². The van der Waals surface area contributed by atoms with E-state index in [0.717, 1.165) is 41.9 Å². The molecule has 5 nitrogen and oxygen atoms in total. The van der Waals surface area contributed by atoms with Crippen LogP contribution < -0.4 is 0 Å². The van der Waals surface area contributed by atoms with Gasteiger partial charge < -0.3 is 4.90 Å². The summed E-state index contributed by atoms with van der Waals surface area (Å²) < 4.78 is 1.92. The Morgan fingerprint density at radius 1 is 1.28 bits per heavy atom. The van der Waals surface area contributed by atoms with Gasteiger partial charge in [0.25, 0.3) is 0 Å². The van der Waals surface area contributed by atoms with Gasteiger partial charge in [0.1, 0.15) is 0 Å². The van der Waals surface area contributed by atoms with E-state index >= 15 is 0 Å². The SMILES string of the molecule is C#CCCC(=O)N1CCC[C@H]1c1nn(-c2ccccc2)c2c1C(=O)CC(C)(C)C2. The van der Waals surface area contributed by atoms with Gasteiger partial charge in [0, 0.05) is 25.8 Å². The molecule has 150 valence electrons. The molecule has 1 aliphatic heterocycles. The predicted molar refractivity (Wildman–Crippen MR) is 112 cm³/mol. The summed E-state index contributed by atoms with van der Waals surface area (Å²) >= 11 is 0. The van der Waals surface area contributed by atoms with Crippen molar-refractivity contribution in [3.05, 3.63) is 47.3 Å². The fourth-order valence-corrected chi connectivity index (χ4v) is 4.67. The summed E-state index contributed by atoms with van der Waals surface area (Å²) in [6, 6.07) is 9.79. The zero-order chi connectivity index (χ0) is 20.6. The normalized spacial score (nSPS) is 20.4. The predicted octanol–water partition coefficient (Wildman–Crippen LogP) is 4.10. The number of nitrogens with zero attached hydrogens (tertiary/aromatic N) is 3. The minimum Gasteiger partial charge on any atom is -0.334 e. The van der Waals surface area contributed by atoms with Crippen molar-refractivity contribution in [1.29, 1.82) is 0 Å². The topological polar surface area (TPSA) is 55.2 Å². The summed E-state index contributed by atoms with van der Waals surface area (Å²) in [5.41, 5.74) is 3.30. The molecule has 29 heavy (non-hydrogen) atoms. The Balaban J connectivity index is 1.81. The summed E-state index contributed by atoms with van der Waals surface area (Å²) in [6.07, 6.45) is 9.16. The minimum absolute atomic E-state index is 0.0528. The second kappa shape index (κ2) is 7.51. The number of benzene rings is 1. The van der Waals surface area contributed by atoms with E-state index < -0.39 is 0 Å². The number of Topliss-reactive ketones (excluding diaryl/α,β-unsaturated/α-hetero) is 1. The smallest absolute Gasteiger partial charge is 0.224 e. The summed E-state index contributed by atoms with van der Waals surface area (Å²) in [5, 5.41) is 4.93. The van der Waals surface area contributed by atoms with E-state index in [1.54, 1.807) is 0 Å². The molecule has 1 fully saturated rings. The molecule has 1 aromatic carbocycles. The zero-order valence-corrected chi connectivity index (χ0v) is 17.1. The molecule has 0 unspecified atom stereocenters. The average Bonchev–Trinajstić information content (AvgIpc) is 3.30. The van der Waals surface area contributed by atoms with Crippen molar-refractivity contribution in [2.45, 2.75) is 58.4 Å². The van der Waals surface area contributed by atoms with E-state index in [1.807, 2.05) is 39.9 Å². The van der Waals surface area contributed by atoms with E-state index in [9.17, 15) is 9.59 Å². The Bertz CT molecular complexity index is 982. The van der Waals surface area contributed by atoms with Gasteiger partial charge in [-0.25, -0.2) is 4.68 Å². The van der Waals surface area contributed by atoms with Gasteiger partial charge in [0.15, 0.2) is 5.78 Å². The Kier molecular flexibility index (Phi) is 5.04. The van der Waals surface area contributed by atoms with Crippen LogP contribution in [0.5, 0.6) is 0 Å². The number of terminal acetylenes is 1. The highest BCUT2D eigenvalue weighted by Crippen LogP contribution is 2.42. The Hall–Kier alpha value is -2.87. The monoisotopic (exact) mass is 389 g/mol. The summed E-state index contributed by atoms with van der Waals surface area (Å²) in [7, 11) is 0. The number of carbonyl (C=O) groups is 2. The summed E-state index contributed by atoms with van der Waals surface area (Å²) in [5.74, 6) is 2.74. The van der Waals surface area contributed by atoms with E-state index in [2.05, 4.69) is 19.8 Å². The molecule has 2 heterocycles.